The number of piperazine rings is 1. The SMILES string of the molecule is CC(C)(C#N)N1CCN(C(=O)Cc2ccccc2F)CC1. The normalized spacial score (nSPS) is 16.6. The summed E-state index contributed by atoms with van der Waals surface area (Å²) < 4.78 is 13.6. The lowest BCUT2D eigenvalue weighted by Crippen LogP contribution is -2.55. The first-order valence-corrected chi connectivity index (χ1v) is 7.11. The maximum absolute atomic E-state index is 13.6. The molecule has 112 valence electrons. The molecule has 21 heavy (non-hydrogen) atoms. The molecule has 0 saturated carbocycles. The van der Waals surface area contributed by atoms with Gasteiger partial charge < -0.3 is 4.90 Å². The van der Waals surface area contributed by atoms with Crippen LogP contribution in [-0.2, 0) is 11.2 Å². The van der Waals surface area contributed by atoms with Crippen molar-refractivity contribution in [1.29, 1.82) is 5.26 Å². The van der Waals surface area contributed by atoms with Gasteiger partial charge in [0.2, 0.25) is 5.91 Å². The largest absolute Gasteiger partial charge is 0.340 e. The van der Waals surface area contributed by atoms with Crippen molar-refractivity contribution >= 4 is 5.91 Å². The molecule has 4 nitrogen and oxygen atoms in total. The van der Waals surface area contributed by atoms with E-state index >= 15 is 0 Å². The zero-order valence-electron chi connectivity index (χ0n) is 12.5. The summed E-state index contributed by atoms with van der Waals surface area (Å²) in [6.07, 6.45) is 0.0916. The fourth-order valence-corrected chi connectivity index (χ4v) is 2.50. The third-order valence-corrected chi connectivity index (χ3v) is 4.00. The van der Waals surface area contributed by atoms with Crippen molar-refractivity contribution in [3.63, 3.8) is 0 Å². The van der Waals surface area contributed by atoms with Crippen LogP contribution in [0.3, 0.4) is 0 Å². The van der Waals surface area contributed by atoms with Crippen LogP contribution in [0.2, 0.25) is 0 Å². The molecule has 1 aromatic carbocycles. The van der Waals surface area contributed by atoms with Gasteiger partial charge in [-0.05, 0) is 25.5 Å². The molecular weight excluding hydrogens is 269 g/mol. The topological polar surface area (TPSA) is 47.3 Å². The van der Waals surface area contributed by atoms with Gasteiger partial charge in [-0.25, -0.2) is 4.39 Å². The summed E-state index contributed by atoms with van der Waals surface area (Å²) in [6.45, 7) is 6.26. The molecule has 1 fully saturated rings. The van der Waals surface area contributed by atoms with Crippen molar-refractivity contribution in [2.24, 2.45) is 0 Å². The summed E-state index contributed by atoms with van der Waals surface area (Å²) in [5.41, 5.74) is -0.0805. The fourth-order valence-electron chi connectivity index (χ4n) is 2.50. The molecule has 1 aliphatic rings. The summed E-state index contributed by atoms with van der Waals surface area (Å²) in [6, 6.07) is 8.64. The van der Waals surface area contributed by atoms with Gasteiger partial charge >= 0.3 is 0 Å². The summed E-state index contributed by atoms with van der Waals surface area (Å²) in [5, 5.41) is 9.13. The molecule has 1 amide bonds. The molecule has 0 spiro atoms. The fraction of sp³-hybridized carbons (Fsp3) is 0.500. The second-order valence-electron chi connectivity index (χ2n) is 5.81. The minimum atomic E-state index is -0.513. The highest BCUT2D eigenvalue weighted by atomic mass is 19.1. The quantitative estimate of drug-likeness (QED) is 0.852. The number of hydrogen-bond donors (Lipinski definition) is 0. The predicted molar refractivity (Wildman–Crippen MR) is 77.9 cm³/mol. The Morgan fingerprint density at radius 2 is 1.90 bits per heavy atom. The van der Waals surface area contributed by atoms with Crippen molar-refractivity contribution in [2.45, 2.75) is 25.8 Å². The van der Waals surface area contributed by atoms with Crippen LogP contribution in [0, 0.1) is 17.1 Å². The number of carbonyl (C=O) groups is 1. The van der Waals surface area contributed by atoms with E-state index in [-0.39, 0.29) is 18.1 Å². The zero-order valence-corrected chi connectivity index (χ0v) is 12.5. The molecule has 0 atom stereocenters. The standard InChI is InChI=1S/C16H20FN3O/c1-16(2,12-18)20-9-7-19(8-10-20)15(21)11-13-5-3-4-6-14(13)17/h3-6H,7-11H2,1-2H3. The van der Waals surface area contributed by atoms with Crippen molar-refractivity contribution in [3.8, 4) is 6.07 Å². The van der Waals surface area contributed by atoms with Gasteiger partial charge in [0.1, 0.15) is 11.4 Å². The molecule has 5 heteroatoms. The van der Waals surface area contributed by atoms with E-state index in [2.05, 4.69) is 11.0 Å². The van der Waals surface area contributed by atoms with Crippen molar-refractivity contribution < 1.29 is 9.18 Å². The van der Waals surface area contributed by atoms with E-state index in [1.54, 1.807) is 23.1 Å². The zero-order chi connectivity index (χ0) is 15.5. The molecule has 0 aliphatic carbocycles. The lowest BCUT2D eigenvalue weighted by atomic mass is 10.0. The van der Waals surface area contributed by atoms with Crippen LogP contribution in [0.15, 0.2) is 24.3 Å². The molecule has 0 radical (unpaired) electrons. The summed E-state index contributed by atoms with van der Waals surface area (Å²) in [4.78, 5) is 16.0. The van der Waals surface area contributed by atoms with Crippen LogP contribution in [0.25, 0.3) is 0 Å². The van der Waals surface area contributed by atoms with Crippen LogP contribution in [0.4, 0.5) is 4.39 Å². The van der Waals surface area contributed by atoms with E-state index in [9.17, 15) is 9.18 Å². The lowest BCUT2D eigenvalue weighted by Gasteiger charge is -2.40. The Labute approximate surface area is 124 Å². The molecule has 1 aromatic rings. The van der Waals surface area contributed by atoms with Crippen molar-refractivity contribution in [2.75, 3.05) is 26.2 Å². The minimum absolute atomic E-state index is 0.0606. The monoisotopic (exact) mass is 289 g/mol. The van der Waals surface area contributed by atoms with E-state index in [1.165, 1.54) is 6.07 Å². The Kier molecular flexibility index (Phi) is 4.59. The Morgan fingerprint density at radius 1 is 1.29 bits per heavy atom. The van der Waals surface area contributed by atoms with E-state index in [0.29, 0.717) is 31.7 Å². The molecule has 1 saturated heterocycles. The van der Waals surface area contributed by atoms with E-state index in [4.69, 9.17) is 5.26 Å². The van der Waals surface area contributed by atoms with Crippen molar-refractivity contribution in [3.05, 3.63) is 35.6 Å². The number of carbonyl (C=O) groups excluding carboxylic acids is 1. The third kappa shape index (κ3) is 3.59. The van der Waals surface area contributed by atoms with E-state index < -0.39 is 5.54 Å². The van der Waals surface area contributed by atoms with E-state index in [1.807, 2.05) is 13.8 Å². The van der Waals surface area contributed by atoms with Crippen LogP contribution >= 0.6 is 0 Å². The van der Waals surface area contributed by atoms with Gasteiger partial charge in [-0.2, -0.15) is 5.26 Å². The third-order valence-electron chi connectivity index (χ3n) is 4.00. The van der Waals surface area contributed by atoms with Crippen LogP contribution in [0.5, 0.6) is 0 Å². The Morgan fingerprint density at radius 3 is 2.48 bits per heavy atom. The molecule has 0 aromatic heterocycles. The second kappa shape index (κ2) is 6.23. The summed E-state index contributed by atoms with van der Waals surface area (Å²) >= 11 is 0. The first-order valence-electron chi connectivity index (χ1n) is 7.11. The number of nitriles is 1. The number of hydrogen-bond acceptors (Lipinski definition) is 3. The number of nitrogens with zero attached hydrogens (tertiary/aromatic N) is 3. The number of rotatable bonds is 3. The molecule has 0 unspecified atom stereocenters. The molecule has 0 N–H and O–H groups in total. The highest BCUT2D eigenvalue weighted by Gasteiger charge is 2.31. The van der Waals surface area contributed by atoms with Crippen molar-refractivity contribution in [1.82, 2.24) is 9.80 Å². The maximum atomic E-state index is 13.6. The van der Waals surface area contributed by atoms with Gasteiger partial charge in [0.15, 0.2) is 0 Å². The van der Waals surface area contributed by atoms with Crippen LogP contribution in [-0.4, -0.2) is 47.4 Å². The molecule has 2 rings (SSSR count). The van der Waals surface area contributed by atoms with E-state index in [0.717, 1.165) is 0 Å². The predicted octanol–water partition coefficient (Wildman–Crippen LogP) is 1.81. The smallest absolute Gasteiger partial charge is 0.227 e. The molecular formula is C16H20FN3O. The van der Waals surface area contributed by atoms with Gasteiger partial charge in [0.05, 0.1) is 12.5 Å². The van der Waals surface area contributed by atoms with Gasteiger partial charge in [-0.1, -0.05) is 18.2 Å². The Balaban J connectivity index is 1.92. The molecule has 1 aliphatic heterocycles. The number of halogens is 1. The highest BCUT2D eigenvalue weighted by molar-refractivity contribution is 5.79. The maximum Gasteiger partial charge on any atom is 0.227 e. The lowest BCUT2D eigenvalue weighted by molar-refractivity contribution is -0.132. The summed E-state index contributed by atoms with van der Waals surface area (Å²) in [5.74, 6) is -0.399. The Bertz CT molecular complexity index is 557. The first kappa shape index (κ1) is 15.5. The first-order chi connectivity index (χ1) is 9.94. The molecule has 0 bridgehead atoms. The van der Waals surface area contributed by atoms with Gasteiger partial charge in [-0.15, -0.1) is 0 Å². The summed E-state index contributed by atoms with van der Waals surface area (Å²) in [7, 11) is 0. The number of amides is 1. The Hall–Kier alpha value is -1.93. The van der Waals surface area contributed by atoms with Crippen LogP contribution in [0.1, 0.15) is 19.4 Å². The average molecular weight is 289 g/mol. The van der Waals surface area contributed by atoms with Crippen LogP contribution < -0.4 is 0 Å². The average Bonchev–Trinajstić information content (AvgIpc) is 2.49. The second-order valence-corrected chi connectivity index (χ2v) is 5.81. The molecule has 1 heterocycles. The minimum Gasteiger partial charge on any atom is -0.340 e. The van der Waals surface area contributed by atoms with Gasteiger partial charge in [0.25, 0.3) is 0 Å². The number of benzene rings is 1. The highest BCUT2D eigenvalue weighted by Crippen LogP contribution is 2.17. The van der Waals surface area contributed by atoms with Gasteiger partial charge in [0, 0.05) is 26.2 Å². The van der Waals surface area contributed by atoms with Gasteiger partial charge in [-0.3, -0.25) is 9.69 Å².